The fourth-order valence-electron chi connectivity index (χ4n) is 3.46. The summed E-state index contributed by atoms with van der Waals surface area (Å²) >= 11 is 0. The van der Waals surface area contributed by atoms with Crippen LogP contribution in [-0.4, -0.2) is 21.7 Å². The summed E-state index contributed by atoms with van der Waals surface area (Å²) in [5.41, 5.74) is 2.30. The molecule has 0 unspecified atom stereocenters. The number of nitrogens with one attached hydrogen (secondary N) is 1. The average molecular weight is 329 g/mol. The average Bonchev–Trinajstić information content (AvgIpc) is 3.00. The molecule has 1 saturated carbocycles. The number of rotatable bonds is 5. The van der Waals surface area contributed by atoms with Crippen molar-refractivity contribution in [2.45, 2.75) is 50.5 Å². The van der Waals surface area contributed by atoms with Crippen LogP contribution >= 0.6 is 0 Å². The zero-order valence-electron chi connectivity index (χ0n) is 14.0. The molecule has 5 heteroatoms. The topological polar surface area (TPSA) is 46.9 Å². The van der Waals surface area contributed by atoms with Crippen molar-refractivity contribution >= 4 is 5.91 Å². The molecule has 2 aromatic rings. The molecular weight excluding hydrogens is 305 g/mol. The smallest absolute Gasteiger partial charge is 0.220 e. The van der Waals surface area contributed by atoms with Gasteiger partial charge in [-0.2, -0.15) is 5.10 Å². The molecule has 0 radical (unpaired) electrons. The molecule has 1 aromatic heterocycles. The minimum Gasteiger partial charge on any atom is -0.353 e. The third-order valence-electron chi connectivity index (χ3n) is 4.83. The largest absolute Gasteiger partial charge is 0.353 e. The number of carbonyl (C=O) groups is 1. The number of carbonyl (C=O) groups excluding carboxylic acids is 1. The summed E-state index contributed by atoms with van der Waals surface area (Å²) in [6.07, 6.45) is 9.04. The zero-order valence-corrected chi connectivity index (χ0v) is 14.0. The molecule has 1 fully saturated rings. The van der Waals surface area contributed by atoms with Gasteiger partial charge in [0, 0.05) is 25.7 Å². The van der Waals surface area contributed by atoms with Crippen LogP contribution < -0.4 is 5.32 Å². The number of aromatic nitrogens is 2. The van der Waals surface area contributed by atoms with Crippen LogP contribution in [0.25, 0.3) is 0 Å². The molecule has 1 heterocycles. The first-order valence-corrected chi connectivity index (χ1v) is 8.62. The molecule has 0 saturated heterocycles. The van der Waals surface area contributed by atoms with Crippen molar-refractivity contribution < 1.29 is 9.18 Å². The second-order valence-corrected chi connectivity index (χ2v) is 6.69. The molecule has 0 atom stereocenters. The van der Waals surface area contributed by atoms with E-state index >= 15 is 0 Å². The van der Waals surface area contributed by atoms with Crippen LogP contribution in [0.4, 0.5) is 4.39 Å². The maximum Gasteiger partial charge on any atom is 0.220 e. The Morgan fingerprint density at radius 1 is 1.25 bits per heavy atom. The lowest BCUT2D eigenvalue weighted by Gasteiger charge is -2.29. The minimum absolute atomic E-state index is 0.115. The van der Waals surface area contributed by atoms with E-state index in [9.17, 15) is 9.18 Å². The van der Waals surface area contributed by atoms with Gasteiger partial charge < -0.3 is 5.32 Å². The summed E-state index contributed by atoms with van der Waals surface area (Å²) in [5.74, 6) is 0.409. The summed E-state index contributed by atoms with van der Waals surface area (Å²) in [6, 6.07) is 7.09. The summed E-state index contributed by atoms with van der Waals surface area (Å²) in [6.45, 7) is 0. The SMILES string of the molecule is Cn1cc(CCC(=O)NC2CCC(c3ccc(F)cc3)CC2)cn1. The van der Waals surface area contributed by atoms with E-state index in [1.807, 2.05) is 25.4 Å². The van der Waals surface area contributed by atoms with Crippen LogP contribution in [0.1, 0.15) is 49.1 Å². The zero-order chi connectivity index (χ0) is 16.9. The molecular formula is C19H24FN3O. The van der Waals surface area contributed by atoms with Crippen molar-refractivity contribution in [2.24, 2.45) is 7.05 Å². The molecule has 1 aromatic carbocycles. The van der Waals surface area contributed by atoms with Crippen LogP contribution in [0, 0.1) is 5.82 Å². The highest BCUT2D eigenvalue weighted by Gasteiger charge is 2.23. The van der Waals surface area contributed by atoms with Gasteiger partial charge in [-0.25, -0.2) is 4.39 Å². The van der Waals surface area contributed by atoms with E-state index in [-0.39, 0.29) is 17.8 Å². The van der Waals surface area contributed by atoms with Crippen LogP contribution in [-0.2, 0) is 18.3 Å². The van der Waals surface area contributed by atoms with E-state index in [1.165, 1.54) is 17.7 Å². The second kappa shape index (κ2) is 7.60. The van der Waals surface area contributed by atoms with Gasteiger partial charge in [0.25, 0.3) is 0 Å². The Labute approximate surface area is 142 Å². The van der Waals surface area contributed by atoms with Gasteiger partial charge >= 0.3 is 0 Å². The Balaban J connectivity index is 1.41. The predicted molar refractivity (Wildman–Crippen MR) is 91.1 cm³/mol. The number of hydrogen-bond donors (Lipinski definition) is 1. The molecule has 0 bridgehead atoms. The monoisotopic (exact) mass is 329 g/mol. The minimum atomic E-state index is -0.187. The Bertz CT molecular complexity index is 672. The fourth-order valence-corrected chi connectivity index (χ4v) is 3.46. The summed E-state index contributed by atoms with van der Waals surface area (Å²) in [5, 5.41) is 7.27. The molecule has 24 heavy (non-hydrogen) atoms. The second-order valence-electron chi connectivity index (χ2n) is 6.69. The van der Waals surface area contributed by atoms with Crippen molar-refractivity contribution in [3.63, 3.8) is 0 Å². The quantitative estimate of drug-likeness (QED) is 0.914. The van der Waals surface area contributed by atoms with E-state index in [0.717, 1.165) is 37.7 Å². The van der Waals surface area contributed by atoms with E-state index < -0.39 is 0 Å². The van der Waals surface area contributed by atoms with Gasteiger partial charge in [0.2, 0.25) is 5.91 Å². The lowest BCUT2D eigenvalue weighted by Crippen LogP contribution is -2.37. The van der Waals surface area contributed by atoms with E-state index in [2.05, 4.69) is 10.4 Å². The van der Waals surface area contributed by atoms with Gasteiger partial charge in [-0.15, -0.1) is 0 Å². The Morgan fingerprint density at radius 3 is 2.58 bits per heavy atom. The first-order chi connectivity index (χ1) is 11.6. The van der Waals surface area contributed by atoms with Gasteiger partial charge in [0.1, 0.15) is 5.82 Å². The van der Waals surface area contributed by atoms with E-state index in [1.54, 1.807) is 10.9 Å². The van der Waals surface area contributed by atoms with Gasteiger partial charge in [-0.3, -0.25) is 9.48 Å². The van der Waals surface area contributed by atoms with Crippen molar-refractivity contribution in [3.05, 3.63) is 53.6 Å². The number of halogens is 1. The third kappa shape index (κ3) is 4.43. The van der Waals surface area contributed by atoms with Crippen LogP contribution in [0.15, 0.2) is 36.7 Å². The van der Waals surface area contributed by atoms with Crippen molar-refractivity contribution in [2.75, 3.05) is 0 Å². The molecule has 3 rings (SSSR count). The molecule has 1 N–H and O–H groups in total. The molecule has 128 valence electrons. The highest BCUT2D eigenvalue weighted by Crippen LogP contribution is 2.32. The molecule has 0 spiro atoms. The first kappa shape index (κ1) is 16.7. The van der Waals surface area contributed by atoms with Crippen molar-refractivity contribution in [3.8, 4) is 0 Å². The number of benzene rings is 1. The molecule has 1 aliphatic carbocycles. The van der Waals surface area contributed by atoms with Crippen molar-refractivity contribution in [1.29, 1.82) is 0 Å². The van der Waals surface area contributed by atoms with Crippen LogP contribution in [0.3, 0.4) is 0 Å². The molecule has 1 aliphatic rings. The normalized spacial score (nSPS) is 20.8. The maximum atomic E-state index is 13.0. The standard InChI is InChI=1S/C19H24FN3O/c1-23-13-14(12-21-23)2-11-19(24)22-18-9-5-16(6-10-18)15-3-7-17(20)8-4-15/h3-4,7-8,12-13,16,18H,2,5-6,9-11H2,1H3,(H,22,24). The highest BCUT2D eigenvalue weighted by molar-refractivity contribution is 5.76. The Hall–Kier alpha value is -2.17. The first-order valence-electron chi connectivity index (χ1n) is 8.62. The number of hydrogen-bond acceptors (Lipinski definition) is 2. The number of aryl methyl sites for hydroxylation is 2. The molecule has 4 nitrogen and oxygen atoms in total. The number of amides is 1. The van der Waals surface area contributed by atoms with Crippen LogP contribution in [0.5, 0.6) is 0 Å². The lowest BCUT2D eigenvalue weighted by molar-refractivity contribution is -0.122. The van der Waals surface area contributed by atoms with Crippen molar-refractivity contribution in [1.82, 2.24) is 15.1 Å². The molecule has 0 aliphatic heterocycles. The third-order valence-corrected chi connectivity index (χ3v) is 4.83. The van der Waals surface area contributed by atoms with Gasteiger partial charge in [-0.05, 0) is 61.3 Å². The Kier molecular flexibility index (Phi) is 5.28. The predicted octanol–water partition coefficient (Wildman–Crippen LogP) is 3.33. The maximum absolute atomic E-state index is 13.0. The highest BCUT2D eigenvalue weighted by atomic mass is 19.1. The summed E-state index contributed by atoms with van der Waals surface area (Å²) in [7, 11) is 1.88. The van der Waals surface area contributed by atoms with Gasteiger partial charge in [0.05, 0.1) is 6.20 Å². The fraction of sp³-hybridized carbons (Fsp3) is 0.474. The van der Waals surface area contributed by atoms with Gasteiger partial charge in [0.15, 0.2) is 0 Å². The van der Waals surface area contributed by atoms with Crippen LogP contribution in [0.2, 0.25) is 0 Å². The molecule has 1 amide bonds. The Morgan fingerprint density at radius 2 is 1.96 bits per heavy atom. The summed E-state index contributed by atoms with van der Waals surface area (Å²) in [4.78, 5) is 12.1. The van der Waals surface area contributed by atoms with Gasteiger partial charge in [-0.1, -0.05) is 12.1 Å². The van der Waals surface area contributed by atoms with E-state index in [0.29, 0.717) is 12.3 Å². The number of nitrogens with zero attached hydrogens (tertiary/aromatic N) is 2. The lowest BCUT2D eigenvalue weighted by atomic mass is 9.81. The van der Waals surface area contributed by atoms with E-state index in [4.69, 9.17) is 0 Å². The summed E-state index contributed by atoms with van der Waals surface area (Å²) < 4.78 is 14.8.